The molecule has 0 spiro atoms. The molecule has 1 aromatic heterocycles. The standard InChI is InChI=1S/C21H19ClFN3O4/c1-13-9-21(28)26(11-20(27)25-18-8-3-14(22)10-17(18)23)19(24-13)12-30-16-6-4-15(29-2)5-7-16/h3-10H,11-12H2,1-2H3,(H,25,27). The lowest BCUT2D eigenvalue weighted by Crippen LogP contribution is -2.31. The molecule has 0 saturated carbocycles. The number of hydrogen-bond acceptors (Lipinski definition) is 5. The second-order valence-corrected chi connectivity index (χ2v) is 6.81. The smallest absolute Gasteiger partial charge is 0.254 e. The maximum atomic E-state index is 13.9. The van der Waals surface area contributed by atoms with Crippen LogP contribution in [0.5, 0.6) is 11.5 Å². The molecule has 1 amide bonds. The number of carbonyl (C=O) groups excluding carboxylic acids is 1. The van der Waals surface area contributed by atoms with Crippen molar-refractivity contribution in [1.82, 2.24) is 9.55 Å². The number of aryl methyl sites for hydroxylation is 1. The van der Waals surface area contributed by atoms with Crippen LogP contribution in [0.3, 0.4) is 0 Å². The summed E-state index contributed by atoms with van der Waals surface area (Å²) in [5.41, 5.74) is 0.0462. The zero-order valence-electron chi connectivity index (χ0n) is 16.3. The summed E-state index contributed by atoms with van der Waals surface area (Å²) in [6.07, 6.45) is 0. The Labute approximate surface area is 177 Å². The number of halogens is 2. The van der Waals surface area contributed by atoms with E-state index >= 15 is 0 Å². The minimum atomic E-state index is -0.673. The molecule has 0 aliphatic rings. The lowest BCUT2D eigenvalue weighted by atomic mass is 10.3. The van der Waals surface area contributed by atoms with Gasteiger partial charge in [-0.25, -0.2) is 9.37 Å². The first-order valence-corrected chi connectivity index (χ1v) is 9.32. The largest absolute Gasteiger partial charge is 0.497 e. The number of amides is 1. The van der Waals surface area contributed by atoms with E-state index in [1.807, 2.05) is 0 Å². The number of nitrogens with one attached hydrogen (secondary N) is 1. The summed E-state index contributed by atoms with van der Waals surface area (Å²) in [7, 11) is 1.56. The van der Waals surface area contributed by atoms with Gasteiger partial charge in [0.1, 0.15) is 36.3 Å². The maximum Gasteiger partial charge on any atom is 0.254 e. The van der Waals surface area contributed by atoms with Crippen molar-refractivity contribution in [3.05, 3.63) is 81.2 Å². The molecule has 0 saturated heterocycles. The molecule has 0 aliphatic heterocycles. The first kappa shape index (κ1) is 21.3. The highest BCUT2D eigenvalue weighted by molar-refractivity contribution is 6.30. The molecule has 1 heterocycles. The number of hydrogen-bond donors (Lipinski definition) is 1. The molecule has 0 radical (unpaired) electrons. The Morgan fingerprint density at radius 3 is 2.53 bits per heavy atom. The fourth-order valence-electron chi connectivity index (χ4n) is 2.70. The van der Waals surface area contributed by atoms with Crippen LogP contribution in [0.4, 0.5) is 10.1 Å². The van der Waals surface area contributed by atoms with Crippen molar-refractivity contribution in [2.24, 2.45) is 0 Å². The second-order valence-electron chi connectivity index (χ2n) is 6.37. The Kier molecular flexibility index (Phi) is 6.68. The summed E-state index contributed by atoms with van der Waals surface area (Å²) in [6, 6.07) is 12.1. The van der Waals surface area contributed by atoms with Gasteiger partial charge in [0.05, 0.1) is 12.8 Å². The first-order valence-electron chi connectivity index (χ1n) is 8.95. The Morgan fingerprint density at radius 1 is 1.17 bits per heavy atom. The fourth-order valence-corrected chi connectivity index (χ4v) is 2.86. The first-order chi connectivity index (χ1) is 14.4. The van der Waals surface area contributed by atoms with Crippen molar-refractivity contribution in [3.8, 4) is 11.5 Å². The Hall–Kier alpha value is -3.39. The molecule has 0 aliphatic carbocycles. The topological polar surface area (TPSA) is 82.5 Å². The fraction of sp³-hybridized carbons (Fsp3) is 0.190. The molecule has 30 heavy (non-hydrogen) atoms. The van der Waals surface area contributed by atoms with Crippen LogP contribution in [-0.2, 0) is 17.9 Å². The SMILES string of the molecule is COc1ccc(OCc2nc(C)cc(=O)n2CC(=O)Nc2ccc(Cl)cc2F)cc1. The highest BCUT2D eigenvalue weighted by atomic mass is 35.5. The van der Waals surface area contributed by atoms with Gasteiger partial charge in [0.25, 0.3) is 5.56 Å². The highest BCUT2D eigenvalue weighted by Gasteiger charge is 2.14. The summed E-state index contributed by atoms with van der Waals surface area (Å²) in [5, 5.41) is 2.64. The number of anilines is 1. The van der Waals surface area contributed by atoms with Crippen molar-refractivity contribution < 1.29 is 18.7 Å². The van der Waals surface area contributed by atoms with Crippen molar-refractivity contribution in [1.29, 1.82) is 0 Å². The van der Waals surface area contributed by atoms with Gasteiger partial charge in [-0.3, -0.25) is 14.2 Å². The normalized spacial score (nSPS) is 10.5. The predicted octanol–water partition coefficient (Wildman–Crippen LogP) is 3.57. The molecular formula is C21H19ClFN3O4. The summed E-state index contributed by atoms with van der Waals surface area (Å²) in [4.78, 5) is 29.1. The van der Waals surface area contributed by atoms with Crippen LogP contribution >= 0.6 is 11.6 Å². The van der Waals surface area contributed by atoms with Crippen molar-refractivity contribution >= 4 is 23.2 Å². The van der Waals surface area contributed by atoms with Crippen molar-refractivity contribution in [3.63, 3.8) is 0 Å². The third kappa shape index (κ3) is 5.36. The molecule has 3 aromatic rings. The van der Waals surface area contributed by atoms with Crippen LogP contribution in [0.1, 0.15) is 11.5 Å². The van der Waals surface area contributed by atoms with Crippen LogP contribution in [0.25, 0.3) is 0 Å². The van der Waals surface area contributed by atoms with Gasteiger partial charge in [0.15, 0.2) is 0 Å². The molecule has 2 aromatic carbocycles. The van der Waals surface area contributed by atoms with Crippen molar-refractivity contribution in [2.45, 2.75) is 20.1 Å². The third-order valence-corrected chi connectivity index (χ3v) is 4.38. The molecule has 156 valence electrons. The van der Waals surface area contributed by atoms with Gasteiger partial charge in [-0.15, -0.1) is 0 Å². The molecule has 7 nitrogen and oxygen atoms in total. The molecule has 0 bridgehead atoms. The van der Waals surface area contributed by atoms with Crippen LogP contribution in [0, 0.1) is 12.7 Å². The minimum absolute atomic E-state index is 0.0337. The Bertz CT molecular complexity index is 1120. The Morgan fingerprint density at radius 2 is 1.87 bits per heavy atom. The van der Waals surface area contributed by atoms with Gasteiger partial charge >= 0.3 is 0 Å². The summed E-state index contributed by atoms with van der Waals surface area (Å²) in [6.45, 7) is 1.28. The van der Waals surface area contributed by atoms with E-state index in [0.717, 1.165) is 6.07 Å². The van der Waals surface area contributed by atoms with Gasteiger partial charge in [0, 0.05) is 16.8 Å². The zero-order valence-corrected chi connectivity index (χ0v) is 17.1. The number of ether oxygens (including phenoxy) is 2. The van der Waals surface area contributed by atoms with Gasteiger partial charge in [0.2, 0.25) is 5.91 Å². The predicted molar refractivity (Wildman–Crippen MR) is 111 cm³/mol. The molecular weight excluding hydrogens is 413 g/mol. The number of methoxy groups -OCH3 is 1. The molecule has 0 unspecified atom stereocenters. The van der Waals surface area contributed by atoms with Crippen LogP contribution in [-0.4, -0.2) is 22.6 Å². The number of aromatic nitrogens is 2. The zero-order chi connectivity index (χ0) is 21.7. The van der Waals surface area contributed by atoms with Gasteiger partial charge < -0.3 is 14.8 Å². The highest BCUT2D eigenvalue weighted by Crippen LogP contribution is 2.19. The van der Waals surface area contributed by atoms with Gasteiger partial charge in [-0.2, -0.15) is 0 Å². The number of benzene rings is 2. The third-order valence-electron chi connectivity index (χ3n) is 4.15. The van der Waals surface area contributed by atoms with E-state index in [1.165, 1.54) is 22.8 Å². The maximum absolute atomic E-state index is 13.9. The van der Waals surface area contributed by atoms with Crippen molar-refractivity contribution in [2.75, 3.05) is 12.4 Å². The lowest BCUT2D eigenvalue weighted by molar-refractivity contribution is -0.116. The van der Waals surface area contributed by atoms with E-state index in [1.54, 1.807) is 38.3 Å². The van der Waals surface area contributed by atoms with Gasteiger partial charge in [-0.1, -0.05) is 11.6 Å². The van der Waals surface area contributed by atoms with E-state index in [0.29, 0.717) is 17.2 Å². The summed E-state index contributed by atoms with van der Waals surface area (Å²) < 4.78 is 25.9. The Balaban J connectivity index is 1.76. The van der Waals surface area contributed by atoms with E-state index in [4.69, 9.17) is 21.1 Å². The average Bonchev–Trinajstić information content (AvgIpc) is 2.71. The van der Waals surface area contributed by atoms with Crippen LogP contribution < -0.4 is 20.3 Å². The van der Waals surface area contributed by atoms with E-state index in [2.05, 4.69) is 10.3 Å². The summed E-state index contributed by atoms with van der Waals surface area (Å²) >= 11 is 5.71. The molecule has 3 rings (SSSR count). The lowest BCUT2D eigenvalue weighted by Gasteiger charge is -2.14. The molecule has 0 atom stereocenters. The van der Waals surface area contributed by atoms with E-state index in [-0.39, 0.29) is 29.7 Å². The van der Waals surface area contributed by atoms with Gasteiger partial charge in [-0.05, 0) is 49.4 Å². The van der Waals surface area contributed by atoms with E-state index in [9.17, 15) is 14.0 Å². The molecule has 9 heteroatoms. The number of nitrogens with zero attached hydrogens (tertiary/aromatic N) is 2. The van der Waals surface area contributed by atoms with Crippen LogP contribution in [0.15, 0.2) is 53.3 Å². The second kappa shape index (κ2) is 9.41. The molecule has 0 fully saturated rings. The quantitative estimate of drug-likeness (QED) is 0.618. The summed E-state index contributed by atoms with van der Waals surface area (Å²) in [5.74, 6) is 0.232. The monoisotopic (exact) mass is 431 g/mol. The average molecular weight is 432 g/mol. The number of rotatable bonds is 7. The van der Waals surface area contributed by atoms with E-state index < -0.39 is 17.3 Å². The van der Waals surface area contributed by atoms with Crippen LogP contribution in [0.2, 0.25) is 5.02 Å². The minimum Gasteiger partial charge on any atom is -0.497 e. The molecule has 1 N–H and O–H groups in total. The number of carbonyl (C=O) groups is 1.